The minimum atomic E-state index is -0.838. The van der Waals surface area contributed by atoms with E-state index in [-0.39, 0.29) is 42.1 Å². The zero-order valence-corrected chi connectivity index (χ0v) is 23.9. The molecule has 8 nitrogen and oxygen atoms in total. The number of amides is 2. The van der Waals surface area contributed by atoms with E-state index in [0.717, 1.165) is 25.7 Å². The Bertz CT molecular complexity index is 1090. The number of carbonyl (C=O) groups is 3. The predicted octanol–water partition coefficient (Wildman–Crippen LogP) is 3.83. The van der Waals surface area contributed by atoms with Crippen LogP contribution < -0.4 is 9.64 Å². The van der Waals surface area contributed by atoms with Crippen molar-refractivity contribution in [3.8, 4) is 5.75 Å². The summed E-state index contributed by atoms with van der Waals surface area (Å²) in [4.78, 5) is 45.2. The van der Waals surface area contributed by atoms with E-state index in [0.29, 0.717) is 18.0 Å². The Labute approximate surface area is 235 Å². The number of fused-ring (bicyclic) bond motifs is 1. The van der Waals surface area contributed by atoms with Gasteiger partial charge in [0.25, 0.3) is 5.91 Å². The van der Waals surface area contributed by atoms with Crippen molar-refractivity contribution >= 4 is 35.2 Å². The lowest BCUT2D eigenvalue weighted by Gasteiger charge is -2.41. The van der Waals surface area contributed by atoms with Crippen molar-refractivity contribution in [3.05, 3.63) is 49.6 Å². The SMILES string of the molecule is C=CCCCCOC(=O)[C@@H]1[C@@H]2CC(C)C3(S2)C(C(=O)N(CC=C)c2ccc(OC)cc2)N([C@H](C)CO)C(=O)[C@H]13. The lowest BCUT2D eigenvalue weighted by Crippen LogP contribution is -2.59. The standard InChI is InChI=1S/C30H40N2O6S/c1-6-8-9-10-16-38-29(36)24-23-17-19(3)30(39-23)25(24)27(34)32(20(4)18-33)26(30)28(35)31(15-7-2)21-11-13-22(37-5)14-12-21/h6-7,11-14,19-20,23-26,33H,1-2,8-10,15-18H2,3-5H3/t19?,20-,23+,24-,25+,26?,30?/m1/s1. The van der Waals surface area contributed by atoms with Crippen LogP contribution in [-0.2, 0) is 19.1 Å². The Morgan fingerprint density at radius 3 is 2.59 bits per heavy atom. The highest BCUT2D eigenvalue weighted by atomic mass is 32.2. The molecule has 0 radical (unpaired) electrons. The number of esters is 1. The van der Waals surface area contributed by atoms with Crippen LogP contribution in [0, 0.1) is 17.8 Å². The van der Waals surface area contributed by atoms with Crippen molar-refractivity contribution < 1.29 is 29.0 Å². The number of carbonyl (C=O) groups excluding carboxylic acids is 3. The molecule has 212 valence electrons. The van der Waals surface area contributed by atoms with Crippen molar-refractivity contribution in [1.29, 1.82) is 0 Å². The molecule has 39 heavy (non-hydrogen) atoms. The summed E-state index contributed by atoms with van der Waals surface area (Å²) in [6, 6.07) is 5.76. The molecule has 0 aliphatic carbocycles. The predicted molar refractivity (Wildman–Crippen MR) is 153 cm³/mol. The van der Waals surface area contributed by atoms with E-state index in [1.165, 1.54) is 0 Å². The number of allylic oxidation sites excluding steroid dienone is 1. The van der Waals surface area contributed by atoms with Gasteiger partial charge in [0, 0.05) is 17.5 Å². The Morgan fingerprint density at radius 1 is 1.26 bits per heavy atom. The summed E-state index contributed by atoms with van der Waals surface area (Å²) in [7, 11) is 1.58. The van der Waals surface area contributed by atoms with Gasteiger partial charge in [0.2, 0.25) is 5.91 Å². The van der Waals surface area contributed by atoms with Gasteiger partial charge in [-0.05, 0) is 62.8 Å². The van der Waals surface area contributed by atoms with E-state index < -0.39 is 28.7 Å². The van der Waals surface area contributed by atoms with Gasteiger partial charge >= 0.3 is 5.97 Å². The average Bonchev–Trinajstić information content (AvgIpc) is 3.54. The number of anilines is 1. The normalized spacial score (nSPS) is 29.6. The maximum Gasteiger partial charge on any atom is 0.310 e. The minimum Gasteiger partial charge on any atom is -0.497 e. The number of rotatable bonds is 13. The molecule has 2 amide bonds. The highest BCUT2D eigenvalue weighted by Crippen LogP contribution is 2.69. The van der Waals surface area contributed by atoms with Gasteiger partial charge in [0.1, 0.15) is 11.8 Å². The molecule has 4 rings (SSSR count). The molecule has 0 aromatic heterocycles. The fraction of sp³-hybridized carbons (Fsp3) is 0.567. The summed E-state index contributed by atoms with van der Waals surface area (Å²) in [6.45, 7) is 11.6. The number of nitrogens with zero attached hydrogens (tertiary/aromatic N) is 2. The Kier molecular flexibility index (Phi) is 9.11. The molecule has 0 saturated carbocycles. The van der Waals surface area contributed by atoms with Gasteiger partial charge in [-0.15, -0.1) is 24.9 Å². The summed E-state index contributed by atoms with van der Waals surface area (Å²) in [6.07, 6.45) is 6.69. The van der Waals surface area contributed by atoms with E-state index in [4.69, 9.17) is 9.47 Å². The Morgan fingerprint density at radius 2 is 1.97 bits per heavy atom. The zero-order valence-electron chi connectivity index (χ0n) is 23.1. The van der Waals surface area contributed by atoms with Crippen LogP contribution >= 0.6 is 11.8 Å². The topological polar surface area (TPSA) is 96.4 Å². The molecule has 3 aliphatic rings. The number of likely N-dealkylation sites (tertiary alicyclic amines) is 1. The van der Waals surface area contributed by atoms with Gasteiger partial charge in [-0.3, -0.25) is 14.4 Å². The smallest absolute Gasteiger partial charge is 0.310 e. The monoisotopic (exact) mass is 556 g/mol. The Hall–Kier alpha value is -2.78. The van der Waals surface area contributed by atoms with Crippen LogP contribution in [0.1, 0.15) is 39.5 Å². The molecule has 3 fully saturated rings. The van der Waals surface area contributed by atoms with E-state index in [9.17, 15) is 19.5 Å². The fourth-order valence-corrected chi connectivity index (χ4v) is 8.98. The molecule has 7 atom stereocenters. The minimum absolute atomic E-state index is 0.0179. The van der Waals surface area contributed by atoms with Crippen LogP contribution in [0.15, 0.2) is 49.6 Å². The van der Waals surface area contributed by atoms with Crippen LogP contribution in [0.3, 0.4) is 0 Å². The molecule has 3 aliphatic heterocycles. The Balaban J connectivity index is 1.70. The van der Waals surface area contributed by atoms with Crippen molar-refractivity contribution in [2.24, 2.45) is 17.8 Å². The number of aliphatic hydroxyl groups is 1. The van der Waals surface area contributed by atoms with Crippen molar-refractivity contribution in [2.45, 2.75) is 61.6 Å². The first-order valence-corrected chi connectivity index (χ1v) is 14.6. The molecular formula is C30H40N2O6S. The van der Waals surface area contributed by atoms with Crippen molar-refractivity contribution in [2.75, 3.05) is 31.8 Å². The van der Waals surface area contributed by atoms with Crippen LogP contribution in [-0.4, -0.2) is 76.7 Å². The molecule has 1 aromatic carbocycles. The average molecular weight is 557 g/mol. The zero-order chi connectivity index (χ0) is 28.3. The van der Waals surface area contributed by atoms with Crippen LogP contribution in [0.2, 0.25) is 0 Å². The number of unbranched alkanes of at least 4 members (excludes halogenated alkanes) is 2. The molecule has 3 heterocycles. The van der Waals surface area contributed by atoms with Gasteiger partial charge in [-0.25, -0.2) is 0 Å². The summed E-state index contributed by atoms with van der Waals surface area (Å²) in [5.41, 5.74) is 0.658. The second-order valence-corrected chi connectivity index (χ2v) is 12.3. The van der Waals surface area contributed by atoms with Gasteiger partial charge in [-0.1, -0.05) is 19.1 Å². The highest BCUT2D eigenvalue weighted by molar-refractivity contribution is 8.02. The van der Waals surface area contributed by atoms with Gasteiger partial charge in [-0.2, -0.15) is 0 Å². The van der Waals surface area contributed by atoms with Gasteiger partial charge in [0.05, 0.1) is 42.9 Å². The third kappa shape index (κ3) is 4.99. The first-order valence-electron chi connectivity index (χ1n) is 13.7. The molecular weight excluding hydrogens is 516 g/mol. The number of aliphatic hydroxyl groups excluding tert-OH is 1. The third-order valence-corrected chi connectivity index (χ3v) is 10.5. The van der Waals surface area contributed by atoms with Gasteiger partial charge < -0.3 is 24.4 Å². The molecule has 1 N–H and O–H groups in total. The van der Waals surface area contributed by atoms with Crippen molar-refractivity contribution in [1.82, 2.24) is 4.90 Å². The van der Waals surface area contributed by atoms with Crippen molar-refractivity contribution in [3.63, 3.8) is 0 Å². The molecule has 9 heteroatoms. The lowest BCUT2D eigenvalue weighted by molar-refractivity contribution is -0.155. The molecule has 2 bridgehead atoms. The van der Waals surface area contributed by atoms with Crippen LogP contribution in [0.4, 0.5) is 5.69 Å². The number of benzene rings is 1. The van der Waals surface area contributed by atoms with E-state index >= 15 is 0 Å². The quantitative estimate of drug-likeness (QED) is 0.224. The number of ether oxygens (including phenoxy) is 2. The van der Waals surface area contributed by atoms with Crippen LogP contribution in [0.5, 0.6) is 5.75 Å². The first-order chi connectivity index (χ1) is 18.8. The second-order valence-electron chi connectivity index (χ2n) is 10.7. The maximum absolute atomic E-state index is 14.5. The highest BCUT2D eigenvalue weighted by Gasteiger charge is 2.77. The summed E-state index contributed by atoms with van der Waals surface area (Å²) < 4.78 is 10.2. The van der Waals surface area contributed by atoms with E-state index in [1.807, 2.05) is 6.08 Å². The summed E-state index contributed by atoms with van der Waals surface area (Å²) in [5, 5.41) is 10.0. The number of methoxy groups -OCH3 is 1. The fourth-order valence-electron chi connectivity index (χ4n) is 6.59. The molecule has 3 unspecified atom stereocenters. The summed E-state index contributed by atoms with van der Waals surface area (Å²) >= 11 is 1.60. The first kappa shape index (κ1) is 29.2. The van der Waals surface area contributed by atoms with E-state index in [1.54, 1.807) is 65.9 Å². The number of hydrogen-bond donors (Lipinski definition) is 1. The number of hydrogen-bond acceptors (Lipinski definition) is 7. The molecule has 1 aromatic rings. The number of thioether (sulfide) groups is 1. The molecule has 1 spiro atoms. The maximum atomic E-state index is 14.5. The largest absolute Gasteiger partial charge is 0.497 e. The molecule has 3 saturated heterocycles. The lowest BCUT2D eigenvalue weighted by atomic mass is 9.66. The van der Waals surface area contributed by atoms with Crippen LogP contribution in [0.25, 0.3) is 0 Å². The second kappa shape index (κ2) is 12.2. The van der Waals surface area contributed by atoms with E-state index in [2.05, 4.69) is 20.1 Å². The van der Waals surface area contributed by atoms with Gasteiger partial charge in [0.15, 0.2) is 0 Å². The summed E-state index contributed by atoms with van der Waals surface area (Å²) in [5.74, 6) is -1.46. The third-order valence-electron chi connectivity index (χ3n) is 8.44.